The molecule has 1 amide bonds. The molecule has 186 valence electrons. The molecule has 5 nitrogen and oxygen atoms in total. The molecule has 0 saturated carbocycles. The number of aromatic nitrogens is 2. The summed E-state index contributed by atoms with van der Waals surface area (Å²) in [5.41, 5.74) is 4.38. The van der Waals surface area contributed by atoms with Crippen LogP contribution in [0.3, 0.4) is 0 Å². The summed E-state index contributed by atoms with van der Waals surface area (Å²) in [6, 6.07) is 25.3. The molecule has 4 aromatic rings. The van der Waals surface area contributed by atoms with Crippen molar-refractivity contribution in [1.29, 1.82) is 0 Å². The van der Waals surface area contributed by atoms with Crippen LogP contribution in [0, 0.1) is 0 Å². The number of thioether (sulfide) groups is 1. The fraction of sp³-hybridized carbons (Fsp3) is 0.138. The number of nitrogens with zero attached hydrogens (tertiary/aromatic N) is 3. The normalized spacial score (nSPS) is 14.5. The van der Waals surface area contributed by atoms with Gasteiger partial charge in [-0.3, -0.25) is 9.69 Å². The van der Waals surface area contributed by atoms with E-state index in [1.165, 1.54) is 11.8 Å². The maximum absolute atomic E-state index is 13.0. The lowest BCUT2D eigenvalue weighted by Crippen LogP contribution is -2.28. The molecule has 8 heteroatoms. The van der Waals surface area contributed by atoms with Gasteiger partial charge in [-0.25, -0.2) is 4.68 Å². The molecule has 0 aliphatic carbocycles. The van der Waals surface area contributed by atoms with Crippen LogP contribution in [0.25, 0.3) is 23.0 Å². The Balaban J connectivity index is 1.45. The van der Waals surface area contributed by atoms with Crippen LogP contribution < -0.4 is 4.74 Å². The largest absolute Gasteiger partial charge is 0.489 e. The molecule has 5 rings (SSSR count). The standard InChI is InChI=1S/C29H24ClN3O2S2/c1-2-16-32-28(34)26(37-29(32)36)17-22-18-33(23-9-4-3-5-10-23)31-27(22)20-12-14-24(15-13-20)35-19-21-8-6-7-11-25(21)30/h3-15,17-18H,2,16,19H2,1H3/b26-17-. The third-order valence-electron chi connectivity index (χ3n) is 5.85. The Labute approximate surface area is 230 Å². The van der Waals surface area contributed by atoms with Gasteiger partial charge < -0.3 is 4.74 Å². The van der Waals surface area contributed by atoms with Crippen molar-refractivity contribution >= 4 is 51.9 Å². The molecule has 1 aliphatic rings. The zero-order valence-electron chi connectivity index (χ0n) is 20.1. The number of halogens is 1. The highest BCUT2D eigenvalue weighted by molar-refractivity contribution is 8.26. The summed E-state index contributed by atoms with van der Waals surface area (Å²) >= 11 is 13.0. The molecule has 1 fully saturated rings. The smallest absolute Gasteiger partial charge is 0.266 e. The monoisotopic (exact) mass is 545 g/mol. The molecule has 0 bridgehead atoms. The number of hydrogen-bond acceptors (Lipinski definition) is 5. The van der Waals surface area contributed by atoms with E-state index in [1.54, 1.807) is 4.90 Å². The number of ether oxygens (including phenoxy) is 1. The van der Waals surface area contributed by atoms with Gasteiger partial charge in [-0.15, -0.1) is 0 Å². The van der Waals surface area contributed by atoms with Crippen molar-refractivity contribution in [2.24, 2.45) is 0 Å². The van der Waals surface area contributed by atoms with Gasteiger partial charge in [0.2, 0.25) is 0 Å². The number of carbonyl (C=O) groups is 1. The van der Waals surface area contributed by atoms with Gasteiger partial charge in [-0.2, -0.15) is 5.10 Å². The summed E-state index contributed by atoms with van der Waals surface area (Å²) in [6.45, 7) is 3.03. The summed E-state index contributed by atoms with van der Waals surface area (Å²) in [4.78, 5) is 15.3. The van der Waals surface area contributed by atoms with E-state index in [9.17, 15) is 4.79 Å². The Kier molecular flexibility index (Phi) is 7.74. The van der Waals surface area contributed by atoms with Gasteiger partial charge >= 0.3 is 0 Å². The number of thiocarbonyl (C=S) groups is 1. The van der Waals surface area contributed by atoms with E-state index in [4.69, 9.17) is 33.7 Å². The van der Waals surface area contributed by atoms with Crippen molar-refractivity contribution in [3.63, 3.8) is 0 Å². The summed E-state index contributed by atoms with van der Waals surface area (Å²) in [6.07, 6.45) is 4.68. The molecule has 0 atom stereocenters. The minimum atomic E-state index is -0.0569. The third-order valence-corrected chi connectivity index (χ3v) is 7.60. The van der Waals surface area contributed by atoms with Crippen LogP contribution in [0.2, 0.25) is 5.02 Å². The van der Waals surface area contributed by atoms with Crippen molar-refractivity contribution in [3.05, 3.63) is 106 Å². The van der Waals surface area contributed by atoms with Crippen LogP contribution in [0.1, 0.15) is 24.5 Å². The van der Waals surface area contributed by atoms with Gasteiger partial charge in [0.15, 0.2) is 0 Å². The van der Waals surface area contributed by atoms with E-state index in [0.29, 0.717) is 27.4 Å². The first-order chi connectivity index (χ1) is 18.0. The van der Waals surface area contributed by atoms with E-state index < -0.39 is 0 Å². The Bertz CT molecular complexity index is 1470. The maximum atomic E-state index is 13.0. The van der Waals surface area contributed by atoms with E-state index >= 15 is 0 Å². The zero-order chi connectivity index (χ0) is 25.8. The van der Waals surface area contributed by atoms with Crippen molar-refractivity contribution < 1.29 is 9.53 Å². The lowest BCUT2D eigenvalue weighted by Gasteiger charge is -2.11. The minimum Gasteiger partial charge on any atom is -0.489 e. The molecule has 0 N–H and O–H groups in total. The molecule has 1 aromatic heterocycles. The summed E-state index contributed by atoms with van der Waals surface area (Å²) in [5.74, 6) is 0.673. The lowest BCUT2D eigenvalue weighted by molar-refractivity contribution is -0.122. The number of hydrogen-bond donors (Lipinski definition) is 0. The SMILES string of the molecule is CCCN1C(=O)/C(=C/c2cn(-c3ccccc3)nc2-c2ccc(OCc3ccccc3Cl)cc2)SC1=S. The molecule has 0 unspecified atom stereocenters. The Morgan fingerprint density at radius 1 is 1.03 bits per heavy atom. The number of benzene rings is 3. The molecular formula is C29H24ClN3O2S2. The summed E-state index contributed by atoms with van der Waals surface area (Å²) in [7, 11) is 0. The second-order valence-electron chi connectivity index (χ2n) is 8.45. The van der Waals surface area contributed by atoms with E-state index in [1.807, 2.05) is 103 Å². The van der Waals surface area contributed by atoms with Gasteiger partial charge in [0, 0.05) is 34.5 Å². The Morgan fingerprint density at radius 3 is 2.49 bits per heavy atom. The fourth-order valence-electron chi connectivity index (χ4n) is 3.97. The molecule has 3 aromatic carbocycles. The van der Waals surface area contributed by atoms with Crippen LogP contribution >= 0.6 is 35.6 Å². The maximum Gasteiger partial charge on any atom is 0.266 e. The molecule has 1 aliphatic heterocycles. The topological polar surface area (TPSA) is 47.4 Å². The molecule has 0 spiro atoms. The van der Waals surface area contributed by atoms with Crippen LogP contribution in [-0.2, 0) is 11.4 Å². The number of amides is 1. The Hall–Kier alpha value is -3.39. The average Bonchev–Trinajstić information content (AvgIpc) is 3.46. The molecule has 2 heterocycles. The highest BCUT2D eigenvalue weighted by Gasteiger charge is 2.31. The average molecular weight is 546 g/mol. The molecule has 0 radical (unpaired) electrons. The molecule has 1 saturated heterocycles. The lowest BCUT2D eigenvalue weighted by atomic mass is 10.1. The first-order valence-corrected chi connectivity index (χ1v) is 13.5. The van der Waals surface area contributed by atoms with Crippen molar-refractivity contribution in [2.75, 3.05) is 6.54 Å². The zero-order valence-corrected chi connectivity index (χ0v) is 22.5. The molecule has 37 heavy (non-hydrogen) atoms. The number of carbonyl (C=O) groups excluding carboxylic acids is 1. The first kappa shape index (κ1) is 25.3. The van der Waals surface area contributed by atoms with Crippen LogP contribution in [0.15, 0.2) is 90.0 Å². The predicted octanol–water partition coefficient (Wildman–Crippen LogP) is 7.38. The minimum absolute atomic E-state index is 0.0569. The van der Waals surface area contributed by atoms with E-state index in [-0.39, 0.29) is 5.91 Å². The van der Waals surface area contributed by atoms with Gasteiger partial charge in [0.05, 0.1) is 16.3 Å². The quantitative estimate of drug-likeness (QED) is 0.171. The summed E-state index contributed by atoms with van der Waals surface area (Å²) < 4.78 is 8.37. The van der Waals surface area contributed by atoms with E-state index in [2.05, 4.69) is 0 Å². The number of rotatable bonds is 8. The van der Waals surface area contributed by atoms with Crippen LogP contribution in [0.5, 0.6) is 5.75 Å². The van der Waals surface area contributed by atoms with E-state index in [0.717, 1.165) is 40.2 Å². The third kappa shape index (κ3) is 5.64. The second kappa shape index (κ2) is 11.3. The highest BCUT2D eigenvalue weighted by atomic mass is 35.5. The molecular weight excluding hydrogens is 522 g/mol. The summed E-state index contributed by atoms with van der Waals surface area (Å²) in [5, 5.41) is 5.55. The van der Waals surface area contributed by atoms with Crippen molar-refractivity contribution in [1.82, 2.24) is 14.7 Å². The Morgan fingerprint density at radius 2 is 1.76 bits per heavy atom. The number of para-hydroxylation sites is 1. The van der Waals surface area contributed by atoms with Gasteiger partial charge in [0.1, 0.15) is 16.7 Å². The van der Waals surface area contributed by atoms with Crippen LogP contribution in [-0.4, -0.2) is 31.5 Å². The van der Waals surface area contributed by atoms with Crippen molar-refractivity contribution in [3.8, 4) is 22.7 Å². The van der Waals surface area contributed by atoms with Gasteiger partial charge in [-0.1, -0.05) is 78.9 Å². The highest BCUT2D eigenvalue weighted by Crippen LogP contribution is 2.35. The van der Waals surface area contributed by atoms with Crippen LogP contribution in [0.4, 0.5) is 0 Å². The fourth-order valence-corrected chi connectivity index (χ4v) is 5.46. The van der Waals surface area contributed by atoms with Crippen molar-refractivity contribution in [2.45, 2.75) is 20.0 Å². The predicted molar refractivity (Wildman–Crippen MR) is 155 cm³/mol. The first-order valence-electron chi connectivity index (χ1n) is 11.9. The van der Waals surface area contributed by atoms with Gasteiger partial charge in [-0.05, 0) is 55.0 Å². The second-order valence-corrected chi connectivity index (χ2v) is 10.5. The van der Waals surface area contributed by atoms with Gasteiger partial charge in [0.25, 0.3) is 5.91 Å².